The molecule has 0 aromatic heterocycles. The molecule has 92 valence electrons. The van der Waals surface area contributed by atoms with Crippen molar-refractivity contribution < 1.29 is 0 Å². The Labute approximate surface area is 99.8 Å². The van der Waals surface area contributed by atoms with Crippen molar-refractivity contribution in [3.63, 3.8) is 0 Å². The molecule has 3 aliphatic rings. The standard InChI is InChI=1S/C14H26N2/c1-2-3-13-10-16(9-11-4-5-11)14(8-15-13)12-6-7-12/h11-15H,2-10H2,1H3. The first-order valence-corrected chi connectivity index (χ1v) is 7.34. The predicted molar refractivity (Wildman–Crippen MR) is 67.5 cm³/mol. The van der Waals surface area contributed by atoms with E-state index < -0.39 is 0 Å². The van der Waals surface area contributed by atoms with E-state index in [1.54, 1.807) is 0 Å². The molecule has 1 aliphatic heterocycles. The molecule has 0 radical (unpaired) electrons. The first-order chi connectivity index (χ1) is 7.86. The maximum absolute atomic E-state index is 3.77. The fraction of sp³-hybridized carbons (Fsp3) is 1.00. The molecule has 2 unspecified atom stereocenters. The maximum Gasteiger partial charge on any atom is 0.0249 e. The van der Waals surface area contributed by atoms with Gasteiger partial charge in [0.25, 0.3) is 0 Å². The third kappa shape index (κ3) is 2.60. The van der Waals surface area contributed by atoms with Gasteiger partial charge in [-0.1, -0.05) is 13.3 Å². The maximum atomic E-state index is 3.77. The van der Waals surface area contributed by atoms with E-state index in [2.05, 4.69) is 17.1 Å². The van der Waals surface area contributed by atoms with Crippen LogP contribution < -0.4 is 5.32 Å². The van der Waals surface area contributed by atoms with Gasteiger partial charge in [-0.15, -0.1) is 0 Å². The molecule has 0 aromatic carbocycles. The normalized spacial score (nSPS) is 36.6. The number of piperazine rings is 1. The fourth-order valence-corrected chi connectivity index (χ4v) is 3.23. The zero-order valence-electron chi connectivity index (χ0n) is 10.6. The van der Waals surface area contributed by atoms with Crippen LogP contribution in [0.2, 0.25) is 0 Å². The lowest BCUT2D eigenvalue weighted by Crippen LogP contribution is -2.57. The Bertz CT molecular complexity index is 233. The highest BCUT2D eigenvalue weighted by molar-refractivity contribution is 4.96. The predicted octanol–water partition coefficient (Wildman–Crippen LogP) is 2.25. The second-order valence-electron chi connectivity index (χ2n) is 6.20. The van der Waals surface area contributed by atoms with Gasteiger partial charge in [0.2, 0.25) is 0 Å². The van der Waals surface area contributed by atoms with Gasteiger partial charge in [-0.05, 0) is 43.9 Å². The van der Waals surface area contributed by atoms with Crippen LogP contribution in [0.4, 0.5) is 0 Å². The highest BCUT2D eigenvalue weighted by Gasteiger charge is 2.40. The van der Waals surface area contributed by atoms with Crippen LogP contribution in [-0.4, -0.2) is 36.6 Å². The Morgan fingerprint density at radius 3 is 2.62 bits per heavy atom. The Balaban J connectivity index is 1.57. The molecule has 2 aliphatic carbocycles. The number of hydrogen-bond acceptors (Lipinski definition) is 2. The number of rotatable bonds is 5. The molecular weight excluding hydrogens is 196 g/mol. The van der Waals surface area contributed by atoms with Crippen molar-refractivity contribution in [1.29, 1.82) is 0 Å². The van der Waals surface area contributed by atoms with E-state index in [0.29, 0.717) is 0 Å². The molecule has 1 saturated heterocycles. The van der Waals surface area contributed by atoms with Crippen LogP contribution in [0, 0.1) is 11.8 Å². The van der Waals surface area contributed by atoms with E-state index in [1.165, 1.54) is 58.2 Å². The van der Waals surface area contributed by atoms with Crippen LogP contribution in [-0.2, 0) is 0 Å². The van der Waals surface area contributed by atoms with Crippen molar-refractivity contribution in [2.24, 2.45) is 11.8 Å². The smallest absolute Gasteiger partial charge is 0.0249 e. The first kappa shape index (κ1) is 11.0. The second-order valence-corrected chi connectivity index (χ2v) is 6.20. The molecule has 2 saturated carbocycles. The minimum atomic E-state index is 0.777. The molecular formula is C14H26N2. The van der Waals surface area contributed by atoms with Crippen LogP contribution >= 0.6 is 0 Å². The molecule has 16 heavy (non-hydrogen) atoms. The molecule has 2 atom stereocenters. The molecule has 2 nitrogen and oxygen atoms in total. The Morgan fingerprint density at radius 1 is 1.19 bits per heavy atom. The largest absolute Gasteiger partial charge is 0.311 e. The van der Waals surface area contributed by atoms with Gasteiger partial charge in [0, 0.05) is 31.7 Å². The quantitative estimate of drug-likeness (QED) is 0.767. The van der Waals surface area contributed by atoms with Crippen LogP contribution in [0.3, 0.4) is 0 Å². The van der Waals surface area contributed by atoms with E-state index >= 15 is 0 Å². The van der Waals surface area contributed by atoms with Crippen LogP contribution in [0.25, 0.3) is 0 Å². The lowest BCUT2D eigenvalue weighted by Gasteiger charge is -2.41. The SMILES string of the molecule is CCCC1CN(CC2CC2)C(C2CC2)CN1. The summed E-state index contributed by atoms with van der Waals surface area (Å²) in [5.74, 6) is 2.09. The van der Waals surface area contributed by atoms with Crippen molar-refractivity contribution in [3.8, 4) is 0 Å². The highest BCUT2D eigenvalue weighted by atomic mass is 15.2. The summed E-state index contributed by atoms with van der Waals surface area (Å²) in [4.78, 5) is 2.84. The topological polar surface area (TPSA) is 15.3 Å². The van der Waals surface area contributed by atoms with Crippen molar-refractivity contribution >= 4 is 0 Å². The second kappa shape index (κ2) is 4.66. The fourth-order valence-electron chi connectivity index (χ4n) is 3.23. The Morgan fingerprint density at radius 2 is 2.00 bits per heavy atom. The summed E-state index contributed by atoms with van der Waals surface area (Å²) < 4.78 is 0. The number of nitrogens with one attached hydrogen (secondary N) is 1. The van der Waals surface area contributed by atoms with E-state index in [1.807, 2.05) is 0 Å². The van der Waals surface area contributed by atoms with Gasteiger partial charge >= 0.3 is 0 Å². The Kier molecular flexibility index (Phi) is 3.21. The lowest BCUT2D eigenvalue weighted by molar-refractivity contribution is 0.106. The molecule has 1 N–H and O–H groups in total. The van der Waals surface area contributed by atoms with Gasteiger partial charge in [-0.25, -0.2) is 0 Å². The molecule has 0 spiro atoms. The molecule has 2 heteroatoms. The molecule has 0 bridgehead atoms. The van der Waals surface area contributed by atoms with Crippen LogP contribution in [0.15, 0.2) is 0 Å². The minimum Gasteiger partial charge on any atom is -0.311 e. The third-order valence-corrected chi connectivity index (χ3v) is 4.53. The summed E-state index contributed by atoms with van der Waals surface area (Å²) in [7, 11) is 0. The van der Waals surface area contributed by atoms with E-state index in [4.69, 9.17) is 0 Å². The van der Waals surface area contributed by atoms with Crippen molar-refractivity contribution in [2.45, 2.75) is 57.5 Å². The summed E-state index contributed by atoms with van der Waals surface area (Å²) in [5, 5.41) is 3.77. The van der Waals surface area contributed by atoms with Crippen LogP contribution in [0.5, 0.6) is 0 Å². The third-order valence-electron chi connectivity index (χ3n) is 4.53. The van der Waals surface area contributed by atoms with Gasteiger partial charge in [-0.3, -0.25) is 4.90 Å². The number of hydrogen-bond donors (Lipinski definition) is 1. The summed E-state index contributed by atoms with van der Waals surface area (Å²) >= 11 is 0. The molecule has 3 fully saturated rings. The van der Waals surface area contributed by atoms with Gasteiger partial charge in [0.15, 0.2) is 0 Å². The van der Waals surface area contributed by atoms with E-state index in [0.717, 1.165) is 23.9 Å². The van der Waals surface area contributed by atoms with Crippen LogP contribution in [0.1, 0.15) is 45.4 Å². The van der Waals surface area contributed by atoms with Crippen molar-refractivity contribution in [3.05, 3.63) is 0 Å². The van der Waals surface area contributed by atoms with E-state index in [9.17, 15) is 0 Å². The van der Waals surface area contributed by atoms with Gasteiger partial charge in [0.05, 0.1) is 0 Å². The first-order valence-electron chi connectivity index (χ1n) is 7.34. The highest BCUT2D eigenvalue weighted by Crippen LogP contribution is 2.38. The van der Waals surface area contributed by atoms with Gasteiger partial charge in [0.1, 0.15) is 0 Å². The van der Waals surface area contributed by atoms with E-state index in [-0.39, 0.29) is 0 Å². The van der Waals surface area contributed by atoms with Gasteiger partial charge < -0.3 is 5.32 Å². The molecule has 0 aromatic rings. The average Bonchev–Trinajstić information content (AvgIpc) is 3.13. The summed E-state index contributed by atoms with van der Waals surface area (Å²) in [6.45, 7) is 6.30. The summed E-state index contributed by atoms with van der Waals surface area (Å²) in [6, 6.07) is 1.66. The Hall–Kier alpha value is -0.0800. The van der Waals surface area contributed by atoms with Gasteiger partial charge in [-0.2, -0.15) is 0 Å². The summed E-state index contributed by atoms with van der Waals surface area (Å²) in [5.41, 5.74) is 0. The molecule has 0 amide bonds. The molecule has 1 heterocycles. The summed E-state index contributed by atoms with van der Waals surface area (Å²) in [6.07, 6.45) is 8.67. The zero-order chi connectivity index (χ0) is 11.0. The van der Waals surface area contributed by atoms with Crippen molar-refractivity contribution in [1.82, 2.24) is 10.2 Å². The molecule has 3 rings (SSSR count). The monoisotopic (exact) mass is 222 g/mol. The zero-order valence-corrected chi connectivity index (χ0v) is 10.6. The minimum absolute atomic E-state index is 0.777. The lowest BCUT2D eigenvalue weighted by atomic mass is 10.0. The van der Waals surface area contributed by atoms with Crippen molar-refractivity contribution in [2.75, 3.05) is 19.6 Å². The average molecular weight is 222 g/mol. The number of nitrogens with zero attached hydrogens (tertiary/aromatic N) is 1.